The first kappa shape index (κ1) is 24.4. The number of rotatable bonds is 14. The predicted octanol–water partition coefficient (Wildman–Crippen LogP) is 6.91. The molecule has 1 saturated carbocycles. The van der Waals surface area contributed by atoms with Crippen LogP contribution in [0, 0.1) is 0 Å². The number of allylic oxidation sites excluding steroid dienone is 3. The lowest BCUT2D eigenvalue weighted by molar-refractivity contribution is 0.0862. The molecule has 1 aliphatic rings. The van der Waals surface area contributed by atoms with Crippen LogP contribution < -0.4 is 0 Å². The summed E-state index contributed by atoms with van der Waals surface area (Å²) in [5, 5.41) is 29.8. The van der Waals surface area contributed by atoms with Gasteiger partial charge < -0.3 is 15.3 Å². The molecule has 3 unspecified atom stereocenters. The third kappa shape index (κ3) is 10.4. The van der Waals surface area contributed by atoms with E-state index in [0.29, 0.717) is 37.7 Å². The molecule has 3 N–H and O–H groups in total. The minimum Gasteiger partial charge on any atom is -0.393 e. The summed E-state index contributed by atoms with van der Waals surface area (Å²) in [6.45, 7) is 7.98. The van der Waals surface area contributed by atoms with Crippen molar-refractivity contribution in [1.29, 1.82) is 0 Å². The van der Waals surface area contributed by atoms with E-state index in [4.69, 9.17) is 2.74 Å². The second kappa shape index (κ2) is 15.3. The number of aliphatic hydroxyl groups is 3. The van der Waals surface area contributed by atoms with Gasteiger partial charge in [-0.25, -0.2) is 0 Å². The van der Waals surface area contributed by atoms with Crippen molar-refractivity contribution in [3.63, 3.8) is 0 Å². The Morgan fingerprint density at radius 3 is 2.73 bits per heavy atom. The number of benzene rings is 1. The third-order valence-corrected chi connectivity index (χ3v) is 6.37. The summed E-state index contributed by atoms with van der Waals surface area (Å²) >= 11 is 0. The van der Waals surface area contributed by atoms with Crippen molar-refractivity contribution in [2.45, 2.75) is 116 Å². The predicted molar refractivity (Wildman–Crippen MR) is 140 cm³/mol. The molecular weight excluding hydrogens is 408 g/mol. The third-order valence-electron chi connectivity index (χ3n) is 6.37. The van der Waals surface area contributed by atoms with E-state index in [2.05, 4.69) is 31.7 Å². The standard InChI is InChI=1S/C30H46O3/c1-4-5-6-7-11-16-26(18-19-27-21-29(32)22-30(33)24(27)3)28-17-12-15-25(20-28)14-10-8-9-13-23(2)31/h12,15,17-20,23,29-33H,3-11,13-14,16,21-22H2,1-2H3/t23?,29-,30+/m1/s1/i8D,10D/t8?,10?,23?,29-,30+. The minimum atomic E-state index is -0.695. The highest BCUT2D eigenvalue weighted by Gasteiger charge is 2.24. The molecule has 0 bridgehead atoms. The van der Waals surface area contributed by atoms with Gasteiger partial charge >= 0.3 is 0 Å². The van der Waals surface area contributed by atoms with E-state index in [1.165, 1.54) is 31.3 Å². The van der Waals surface area contributed by atoms with Crippen LogP contribution >= 0.6 is 0 Å². The zero-order valence-corrected chi connectivity index (χ0v) is 20.7. The Balaban J connectivity index is 2.20. The topological polar surface area (TPSA) is 60.7 Å². The maximum atomic E-state index is 10.2. The molecule has 0 heterocycles. The van der Waals surface area contributed by atoms with Crippen molar-refractivity contribution >= 4 is 5.57 Å². The van der Waals surface area contributed by atoms with Crippen LogP contribution in [0.3, 0.4) is 0 Å². The molecule has 1 aromatic rings. The number of aryl methyl sites for hydroxylation is 1. The first-order valence-corrected chi connectivity index (χ1v) is 12.8. The van der Waals surface area contributed by atoms with E-state index in [0.717, 1.165) is 29.5 Å². The second-order valence-corrected chi connectivity index (χ2v) is 9.48. The highest BCUT2D eigenvalue weighted by atomic mass is 16.3. The van der Waals surface area contributed by atoms with Gasteiger partial charge in [-0.1, -0.05) is 88.4 Å². The van der Waals surface area contributed by atoms with Crippen molar-refractivity contribution in [3.8, 4) is 0 Å². The molecule has 0 spiro atoms. The molecule has 0 amide bonds. The number of aliphatic hydroxyl groups excluding tert-OH is 3. The Morgan fingerprint density at radius 1 is 1.18 bits per heavy atom. The Morgan fingerprint density at radius 2 is 1.97 bits per heavy atom. The zero-order chi connectivity index (χ0) is 25.8. The molecule has 184 valence electrons. The van der Waals surface area contributed by atoms with Crippen molar-refractivity contribution in [2.75, 3.05) is 0 Å². The molecule has 1 aliphatic carbocycles. The lowest BCUT2D eigenvalue weighted by atomic mass is 9.85. The van der Waals surface area contributed by atoms with Gasteiger partial charge in [-0.2, -0.15) is 0 Å². The highest BCUT2D eigenvalue weighted by molar-refractivity contribution is 5.68. The molecule has 1 aromatic carbocycles. The van der Waals surface area contributed by atoms with Crippen LogP contribution in [0.5, 0.6) is 0 Å². The molecule has 33 heavy (non-hydrogen) atoms. The summed E-state index contributed by atoms with van der Waals surface area (Å²) in [6, 6.07) is 8.29. The molecule has 0 radical (unpaired) electrons. The van der Waals surface area contributed by atoms with Gasteiger partial charge in [-0.15, -0.1) is 0 Å². The fourth-order valence-corrected chi connectivity index (χ4v) is 4.27. The monoisotopic (exact) mass is 456 g/mol. The summed E-state index contributed by atoms with van der Waals surface area (Å²) in [5.41, 5.74) is 4.97. The van der Waals surface area contributed by atoms with Crippen LogP contribution in [0.25, 0.3) is 5.57 Å². The van der Waals surface area contributed by atoms with Crippen LogP contribution in [0.1, 0.15) is 105 Å². The summed E-state index contributed by atoms with van der Waals surface area (Å²) < 4.78 is 16.7. The molecule has 2 rings (SSSR count). The van der Waals surface area contributed by atoms with Crippen molar-refractivity contribution in [2.24, 2.45) is 0 Å². The molecule has 1 fully saturated rings. The first-order chi connectivity index (χ1) is 16.7. The van der Waals surface area contributed by atoms with E-state index in [-0.39, 0.29) is 0 Å². The minimum absolute atomic E-state index is 0.342. The Kier molecular flexibility index (Phi) is 11.3. The summed E-state index contributed by atoms with van der Waals surface area (Å²) in [4.78, 5) is 0. The van der Waals surface area contributed by atoms with Crippen molar-refractivity contribution in [1.82, 2.24) is 0 Å². The molecule has 3 heteroatoms. The smallest absolute Gasteiger partial charge is 0.0811 e. The van der Waals surface area contributed by atoms with E-state index in [9.17, 15) is 15.3 Å². The van der Waals surface area contributed by atoms with Gasteiger partial charge in [0.25, 0.3) is 0 Å². The number of hydrogen-bond donors (Lipinski definition) is 3. The van der Waals surface area contributed by atoms with Gasteiger partial charge in [0.05, 0.1) is 18.3 Å². The number of unbranched alkanes of at least 4 members (excludes halogenated alkanes) is 4. The maximum absolute atomic E-state index is 10.2. The van der Waals surface area contributed by atoms with Gasteiger partial charge in [0.2, 0.25) is 0 Å². The van der Waals surface area contributed by atoms with Crippen molar-refractivity contribution in [3.05, 3.63) is 65.3 Å². The van der Waals surface area contributed by atoms with E-state index in [1.807, 2.05) is 18.2 Å². The normalized spacial score (nSPS) is 24.3. The number of hydrogen-bond acceptors (Lipinski definition) is 3. The van der Waals surface area contributed by atoms with Gasteiger partial charge in [0.15, 0.2) is 0 Å². The lowest BCUT2D eigenvalue weighted by Crippen LogP contribution is -2.26. The van der Waals surface area contributed by atoms with E-state index >= 15 is 0 Å². The summed E-state index contributed by atoms with van der Waals surface area (Å²) in [6.07, 6.45) is 10.8. The van der Waals surface area contributed by atoms with Crippen LogP contribution in [0.4, 0.5) is 0 Å². The zero-order valence-electron chi connectivity index (χ0n) is 22.7. The molecule has 0 saturated heterocycles. The summed E-state index contributed by atoms with van der Waals surface area (Å²) in [5.74, 6) is 0. The largest absolute Gasteiger partial charge is 0.393 e. The Hall–Kier alpha value is -1.68. The molecule has 0 aliphatic heterocycles. The van der Waals surface area contributed by atoms with Crippen molar-refractivity contribution < 1.29 is 18.1 Å². The van der Waals surface area contributed by atoms with Crippen LogP contribution in [0.2, 0.25) is 0 Å². The van der Waals surface area contributed by atoms with Crippen LogP contribution in [-0.4, -0.2) is 33.6 Å². The molecule has 5 atom stereocenters. The van der Waals surface area contributed by atoms with Crippen LogP contribution in [0.15, 0.2) is 54.1 Å². The summed E-state index contributed by atoms with van der Waals surface area (Å²) in [7, 11) is 0. The molecule has 0 aromatic heterocycles. The average Bonchev–Trinajstić information content (AvgIpc) is 2.82. The van der Waals surface area contributed by atoms with E-state index < -0.39 is 31.1 Å². The highest BCUT2D eigenvalue weighted by Crippen LogP contribution is 2.30. The second-order valence-electron chi connectivity index (χ2n) is 9.48. The Labute approximate surface area is 204 Å². The molecule has 3 nitrogen and oxygen atoms in total. The fraction of sp³-hybridized carbons (Fsp3) is 0.600. The van der Waals surface area contributed by atoms with Crippen LogP contribution in [-0.2, 0) is 6.42 Å². The van der Waals surface area contributed by atoms with Gasteiger partial charge in [0.1, 0.15) is 0 Å². The SMILES string of the molecule is [2H]C(CCC(C)O)C([2H])Cc1cccc(C(=CC=C2C[C@@H](O)C[C@H](O)C2=C)CCCCCCC)c1. The average molecular weight is 457 g/mol. The maximum Gasteiger partial charge on any atom is 0.0811 e. The quantitative estimate of drug-likeness (QED) is 0.266. The molecular formula is C30H46O3. The first-order valence-electron chi connectivity index (χ1n) is 13.9. The fourth-order valence-electron chi connectivity index (χ4n) is 4.27. The Bertz CT molecular complexity index is 846. The lowest BCUT2D eigenvalue weighted by Gasteiger charge is -2.26. The van der Waals surface area contributed by atoms with E-state index in [1.54, 1.807) is 6.92 Å². The van der Waals surface area contributed by atoms with Gasteiger partial charge in [0, 0.05) is 9.16 Å². The van der Waals surface area contributed by atoms with Gasteiger partial charge in [-0.3, -0.25) is 0 Å². The van der Waals surface area contributed by atoms with Gasteiger partial charge in [-0.05, 0) is 73.3 Å².